The molecule has 104 valence electrons. The van der Waals surface area contributed by atoms with E-state index < -0.39 is 0 Å². The van der Waals surface area contributed by atoms with Gasteiger partial charge in [-0.05, 0) is 58.2 Å². The van der Waals surface area contributed by atoms with Crippen molar-refractivity contribution in [1.29, 1.82) is 0 Å². The molecule has 2 unspecified atom stereocenters. The second kappa shape index (κ2) is 5.89. The standard InChI is InChI=1S/C13H17Br2N3O/c1-7(2)18-11(19)4-3-10(16)13(18)12-9(15)5-8(14)6-17-12/h5-7,10,13H,3-4,16H2,1-2H3. The van der Waals surface area contributed by atoms with E-state index in [1.807, 2.05) is 24.8 Å². The maximum Gasteiger partial charge on any atom is 0.223 e. The van der Waals surface area contributed by atoms with Crippen molar-refractivity contribution in [2.24, 2.45) is 5.73 Å². The lowest BCUT2D eigenvalue weighted by molar-refractivity contribution is -0.139. The molecule has 2 rings (SSSR count). The van der Waals surface area contributed by atoms with Crippen LogP contribution < -0.4 is 5.73 Å². The van der Waals surface area contributed by atoms with Gasteiger partial charge in [0.25, 0.3) is 0 Å². The van der Waals surface area contributed by atoms with Gasteiger partial charge < -0.3 is 10.6 Å². The Labute approximate surface area is 130 Å². The monoisotopic (exact) mass is 389 g/mol. The van der Waals surface area contributed by atoms with E-state index in [-0.39, 0.29) is 24.0 Å². The fraction of sp³-hybridized carbons (Fsp3) is 0.538. The van der Waals surface area contributed by atoms with Crippen molar-refractivity contribution in [3.05, 3.63) is 26.9 Å². The Morgan fingerprint density at radius 3 is 2.74 bits per heavy atom. The lowest BCUT2D eigenvalue weighted by atomic mass is 9.92. The zero-order chi connectivity index (χ0) is 14.2. The van der Waals surface area contributed by atoms with Crippen molar-refractivity contribution >= 4 is 37.8 Å². The molecular formula is C13H17Br2N3O. The van der Waals surface area contributed by atoms with Crippen molar-refractivity contribution < 1.29 is 4.79 Å². The van der Waals surface area contributed by atoms with Gasteiger partial charge >= 0.3 is 0 Å². The number of likely N-dealkylation sites (tertiary alicyclic amines) is 1. The van der Waals surface area contributed by atoms with Gasteiger partial charge in [0.15, 0.2) is 0 Å². The quantitative estimate of drug-likeness (QED) is 0.844. The molecule has 1 fully saturated rings. The Kier molecular flexibility index (Phi) is 4.63. The first-order valence-electron chi connectivity index (χ1n) is 6.29. The third-order valence-corrected chi connectivity index (χ3v) is 4.43. The Hall–Kier alpha value is -0.460. The summed E-state index contributed by atoms with van der Waals surface area (Å²) in [6.45, 7) is 4.02. The Morgan fingerprint density at radius 1 is 1.47 bits per heavy atom. The number of piperidine rings is 1. The van der Waals surface area contributed by atoms with E-state index in [1.54, 1.807) is 6.20 Å². The number of pyridine rings is 1. The first-order chi connectivity index (χ1) is 8.91. The number of carbonyl (C=O) groups excluding carboxylic acids is 1. The summed E-state index contributed by atoms with van der Waals surface area (Å²) in [5.41, 5.74) is 7.07. The average molecular weight is 391 g/mol. The molecule has 0 aromatic carbocycles. The van der Waals surface area contributed by atoms with Crippen molar-refractivity contribution in [2.45, 2.75) is 44.8 Å². The summed E-state index contributed by atoms with van der Waals surface area (Å²) in [4.78, 5) is 18.5. The normalized spacial score (nSPS) is 24.1. The molecule has 0 bridgehead atoms. The summed E-state index contributed by atoms with van der Waals surface area (Å²) in [5, 5.41) is 0. The van der Waals surface area contributed by atoms with Crippen molar-refractivity contribution in [3.8, 4) is 0 Å². The predicted molar refractivity (Wildman–Crippen MR) is 81.6 cm³/mol. The van der Waals surface area contributed by atoms with Crippen molar-refractivity contribution in [2.75, 3.05) is 0 Å². The van der Waals surface area contributed by atoms with E-state index in [4.69, 9.17) is 5.73 Å². The highest BCUT2D eigenvalue weighted by molar-refractivity contribution is 9.11. The minimum atomic E-state index is -0.163. The number of rotatable bonds is 2. The molecule has 1 aliphatic heterocycles. The highest BCUT2D eigenvalue weighted by atomic mass is 79.9. The Bertz CT molecular complexity index is 493. The molecule has 6 heteroatoms. The number of amides is 1. The van der Waals surface area contributed by atoms with E-state index in [0.29, 0.717) is 12.8 Å². The Morgan fingerprint density at radius 2 is 2.16 bits per heavy atom. The average Bonchev–Trinajstić information content (AvgIpc) is 2.32. The van der Waals surface area contributed by atoms with E-state index in [9.17, 15) is 4.79 Å². The van der Waals surface area contributed by atoms with Crippen LogP contribution in [-0.2, 0) is 4.79 Å². The van der Waals surface area contributed by atoms with Crippen LogP contribution in [0.1, 0.15) is 38.4 Å². The molecule has 2 atom stereocenters. The molecule has 1 aromatic rings. The molecule has 1 saturated heterocycles. The number of carbonyl (C=O) groups is 1. The van der Waals surface area contributed by atoms with Gasteiger partial charge in [-0.25, -0.2) is 0 Å². The minimum absolute atomic E-state index is 0.0786. The first kappa shape index (κ1) is 14.9. The van der Waals surface area contributed by atoms with Gasteiger partial charge in [0, 0.05) is 33.6 Å². The summed E-state index contributed by atoms with van der Waals surface area (Å²) in [5.74, 6) is 0.151. The van der Waals surface area contributed by atoms with Gasteiger partial charge in [0.1, 0.15) is 0 Å². The van der Waals surface area contributed by atoms with Gasteiger partial charge in [0.2, 0.25) is 5.91 Å². The number of nitrogens with two attached hydrogens (primary N) is 1. The topological polar surface area (TPSA) is 59.2 Å². The molecule has 0 spiro atoms. The summed E-state index contributed by atoms with van der Waals surface area (Å²) >= 11 is 6.91. The summed E-state index contributed by atoms with van der Waals surface area (Å²) in [6, 6.07) is 1.81. The van der Waals surface area contributed by atoms with Crippen LogP contribution in [0.25, 0.3) is 0 Å². The van der Waals surface area contributed by atoms with Crippen LogP contribution in [0, 0.1) is 0 Å². The highest BCUT2D eigenvalue weighted by Gasteiger charge is 2.38. The molecule has 2 heterocycles. The van der Waals surface area contributed by atoms with Crippen LogP contribution in [-0.4, -0.2) is 27.9 Å². The molecule has 1 amide bonds. The zero-order valence-electron chi connectivity index (χ0n) is 10.9. The van der Waals surface area contributed by atoms with Crippen molar-refractivity contribution in [1.82, 2.24) is 9.88 Å². The van der Waals surface area contributed by atoms with Crippen LogP contribution in [0.5, 0.6) is 0 Å². The lowest BCUT2D eigenvalue weighted by Crippen LogP contribution is -2.51. The van der Waals surface area contributed by atoms with E-state index >= 15 is 0 Å². The smallest absolute Gasteiger partial charge is 0.223 e. The number of hydrogen-bond acceptors (Lipinski definition) is 3. The highest BCUT2D eigenvalue weighted by Crippen LogP contribution is 2.35. The molecule has 1 aliphatic rings. The largest absolute Gasteiger partial charge is 0.330 e. The maximum absolute atomic E-state index is 12.2. The van der Waals surface area contributed by atoms with Crippen LogP contribution in [0.15, 0.2) is 21.2 Å². The predicted octanol–water partition coefficient (Wildman–Crippen LogP) is 3.01. The van der Waals surface area contributed by atoms with Gasteiger partial charge in [-0.3, -0.25) is 9.78 Å². The molecule has 0 radical (unpaired) electrons. The Balaban J connectivity index is 2.45. The van der Waals surface area contributed by atoms with Crippen LogP contribution in [0.3, 0.4) is 0 Å². The molecule has 0 aliphatic carbocycles. The zero-order valence-corrected chi connectivity index (χ0v) is 14.1. The van der Waals surface area contributed by atoms with Crippen LogP contribution >= 0.6 is 31.9 Å². The van der Waals surface area contributed by atoms with Gasteiger partial charge in [0.05, 0.1) is 11.7 Å². The number of halogens is 2. The molecule has 2 N–H and O–H groups in total. The van der Waals surface area contributed by atoms with Gasteiger partial charge in [-0.15, -0.1) is 0 Å². The van der Waals surface area contributed by atoms with E-state index in [1.165, 1.54) is 0 Å². The molecule has 19 heavy (non-hydrogen) atoms. The van der Waals surface area contributed by atoms with Crippen LogP contribution in [0.2, 0.25) is 0 Å². The second-order valence-electron chi connectivity index (χ2n) is 5.06. The summed E-state index contributed by atoms with van der Waals surface area (Å²) < 4.78 is 1.78. The van der Waals surface area contributed by atoms with Gasteiger partial charge in [-0.1, -0.05) is 0 Å². The van der Waals surface area contributed by atoms with Crippen molar-refractivity contribution in [3.63, 3.8) is 0 Å². The number of nitrogens with zero attached hydrogens (tertiary/aromatic N) is 2. The van der Waals surface area contributed by atoms with Gasteiger partial charge in [-0.2, -0.15) is 0 Å². The lowest BCUT2D eigenvalue weighted by Gasteiger charge is -2.42. The minimum Gasteiger partial charge on any atom is -0.330 e. The number of aromatic nitrogens is 1. The maximum atomic E-state index is 12.2. The van der Waals surface area contributed by atoms with E-state index in [2.05, 4.69) is 36.8 Å². The molecule has 0 saturated carbocycles. The summed E-state index contributed by atoms with van der Waals surface area (Å²) in [6.07, 6.45) is 2.96. The molecule has 1 aromatic heterocycles. The fourth-order valence-electron chi connectivity index (χ4n) is 2.53. The van der Waals surface area contributed by atoms with Crippen LogP contribution in [0.4, 0.5) is 0 Å². The SMILES string of the molecule is CC(C)N1C(=O)CCC(N)C1c1ncc(Br)cc1Br. The second-order valence-corrected chi connectivity index (χ2v) is 6.83. The van der Waals surface area contributed by atoms with E-state index in [0.717, 1.165) is 14.6 Å². The fourth-order valence-corrected chi connectivity index (χ4v) is 3.75. The first-order valence-corrected chi connectivity index (χ1v) is 7.88. The third-order valence-electron chi connectivity index (χ3n) is 3.36. The summed E-state index contributed by atoms with van der Waals surface area (Å²) in [7, 11) is 0. The molecule has 4 nitrogen and oxygen atoms in total. The number of hydrogen-bond donors (Lipinski definition) is 1. The third kappa shape index (κ3) is 3.01. The molecular weight excluding hydrogens is 374 g/mol.